The van der Waals surface area contributed by atoms with Crippen molar-refractivity contribution in [2.45, 2.75) is 64.0 Å². The number of amides is 2. The van der Waals surface area contributed by atoms with Crippen molar-refractivity contribution >= 4 is 23.4 Å². The molecule has 0 unspecified atom stereocenters. The molecule has 1 aromatic rings. The summed E-state index contributed by atoms with van der Waals surface area (Å²) in [7, 11) is 0. The highest BCUT2D eigenvalue weighted by Crippen LogP contribution is 2.43. The molecular weight excluding hydrogens is 376 g/mol. The molecule has 2 amide bonds. The predicted octanol–water partition coefficient (Wildman–Crippen LogP) is 3.62. The Morgan fingerprint density at radius 1 is 1.29 bits per heavy atom. The van der Waals surface area contributed by atoms with E-state index in [9.17, 15) is 14.7 Å². The van der Waals surface area contributed by atoms with E-state index in [2.05, 4.69) is 11.8 Å². The van der Waals surface area contributed by atoms with Gasteiger partial charge in [-0.25, -0.2) is 0 Å². The molecule has 0 spiro atoms. The molecule has 6 heteroatoms. The first-order valence-electron chi connectivity index (χ1n) is 10.5. The second-order valence-corrected chi connectivity index (χ2v) is 9.04. The van der Waals surface area contributed by atoms with Gasteiger partial charge in [-0.15, -0.1) is 0 Å². The molecule has 0 radical (unpaired) electrons. The minimum Gasteiger partial charge on any atom is -0.506 e. The van der Waals surface area contributed by atoms with Gasteiger partial charge in [-0.3, -0.25) is 9.59 Å². The maximum Gasteiger partial charge on any atom is 0.227 e. The van der Waals surface area contributed by atoms with Gasteiger partial charge in [0.05, 0.1) is 11.4 Å². The SMILES string of the molecule is CCC[C@H]1[C@H]2C[C@H](CN(C(=O)Cc3ccc(O)c(Cl)c3)C2)[C@@H]2CCCC(=O)N21. The number of piperidine rings is 3. The van der Waals surface area contributed by atoms with Crippen LogP contribution in [0.1, 0.15) is 51.0 Å². The lowest BCUT2D eigenvalue weighted by atomic mass is 9.71. The van der Waals surface area contributed by atoms with Crippen LogP contribution in [0.2, 0.25) is 5.02 Å². The molecule has 0 aliphatic carbocycles. The van der Waals surface area contributed by atoms with E-state index in [0.29, 0.717) is 36.6 Å². The minimum atomic E-state index is 0.0369. The predicted molar refractivity (Wildman–Crippen MR) is 108 cm³/mol. The number of likely N-dealkylation sites (tertiary alicyclic amines) is 1. The average molecular weight is 405 g/mol. The summed E-state index contributed by atoms with van der Waals surface area (Å²) in [6.45, 7) is 3.66. The lowest BCUT2D eigenvalue weighted by Gasteiger charge is -2.56. The third kappa shape index (κ3) is 3.61. The van der Waals surface area contributed by atoms with Crippen LogP contribution in [-0.2, 0) is 16.0 Å². The highest BCUT2D eigenvalue weighted by Gasteiger charge is 2.49. The van der Waals surface area contributed by atoms with Gasteiger partial charge in [0, 0.05) is 31.6 Å². The van der Waals surface area contributed by atoms with Crippen molar-refractivity contribution in [3.05, 3.63) is 28.8 Å². The van der Waals surface area contributed by atoms with E-state index >= 15 is 0 Å². The molecule has 1 N–H and O–H groups in total. The molecule has 0 saturated carbocycles. The van der Waals surface area contributed by atoms with Crippen LogP contribution in [-0.4, -0.2) is 51.9 Å². The van der Waals surface area contributed by atoms with Crippen molar-refractivity contribution in [3.63, 3.8) is 0 Å². The molecule has 3 saturated heterocycles. The number of halogens is 1. The molecule has 4 atom stereocenters. The molecule has 5 nitrogen and oxygen atoms in total. The number of fused-ring (bicyclic) bond motifs is 4. The van der Waals surface area contributed by atoms with Crippen molar-refractivity contribution in [1.82, 2.24) is 9.80 Å². The van der Waals surface area contributed by atoms with Crippen LogP contribution < -0.4 is 0 Å². The molecule has 152 valence electrons. The molecule has 28 heavy (non-hydrogen) atoms. The zero-order chi connectivity index (χ0) is 19.8. The Labute approximate surface area is 171 Å². The molecule has 3 fully saturated rings. The zero-order valence-electron chi connectivity index (χ0n) is 16.4. The summed E-state index contributed by atoms with van der Waals surface area (Å²) in [6, 6.07) is 5.54. The molecule has 3 heterocycles. The summed E-state index contributed by atoms with van der Waals surface area (Å²) in [4.78, 5) is 29.9. The summed E-state index contributed by atoms with van der Waals surface area (Å²) in [6.07, 6.45) is 6.23. The number of carbonyl (C=O) groups excluding carboxylic acids is 2. The van der Waals surface area contributed by atoms with Crippen LogP contribution in [0.25, 0.3) is 0 Å². The first kappa shape index (κ1) is 19.6. The minimum absolute atomic E-state index is 0.0369. The normalized spacial score (nSPS) is 29.6. The van der Waals surface area contributed by atoms with Gasteiger partial charge in [0.15, 0.2) is 0 Å². The topological polar surface area (TPSA) is 60.9 Å². The standard InChI is InChI=1S/C22H29ClN2O3/c1-2-4-18-15-11-16(19-5-3-6-21(27)25(18)19)13-24(12-15)22(28)10-14-7-8-20(26)17(23)9-14/h7-9,15-16,18-19,26H,2-6,10-13H2,1H3/t15-,16+,18-,19-/m0/s1. The average Bonchev–Trinajstić information content (AvgIpc) is 2.68. The molecular formula is C22H29ClN2O3. The van der Waals surface area contributed by atoms with E-state index in [0.717, 1.165) is 50.8 Å². The number of rotatable bonds is 4. The molecule has 3 aliphatic rings. The summed E-state index contributed by atoms with van der Waals surface area (Å²) in [5, 5.41) is 9.87. The number of hydrogen-bond acceptors (Lipinski definition) is 3. The zero-order valence-corrected chi connectivity index (χ0v) is 17.2. The monoisotopic (exact) mass is 404 g/mol. The second-order valence-electron chi connectivity index (χ2n) is 8.63. The summed E-state index contributed by atoms with van der Waals surface area (Å²) < 4.78 is 0. The number of nitrogens with zero attached hydrogens (tertiary/aromatic N) is 2. The van der Waals surface area contributed by atoms with Crippen LogP contribution in [0.4, 0.5) is 0 Å². The third-order valence-electron chi connectivity index (χ3n) is 6.80. The number of hydrogen-bond donors (Lipinski definition) is 1. The summed E-state index contributed by atoms with van der Waals surface area (Å²) in [5.74, 6) is 1.24. The molecule has 0 aromatic heterocycles. The fourth-order valence-corrected chi connectivity index (χ4v) is 5.80. The third-order valence-corrected chi connectivity index (χ3v) is 7.10. The molecule has 4 rings (SSSR count). The van der Waals surface area contributed by atoms with Gasteiger partial charge in [0.25, 0.3) is 0 Å². The first-order chi connectivity index (χ1) is 13.5. The molecule has 2 bridgehead atoms. The maximum atomic E-state index is 13.0. The Kier molecular flexibility index (Phi) is 5.55. The number of benzene rings is 1. The van der Waals surface area contributed by atoms with E-state index in [-0.39, 0.29) is 22.7 Å². The van der Waals surface area contributed by atoms with Gasteiger partial charge in [0.1, 0.15) is 5.75 Å². The van der Waals surface area contributed by atoms with Crippen molar-refractivity contribution in [1.29, 1.82) is 0 Å². The fourth-order valence-electron chi connectivity index (χ4n) is 5.59. The van der Waals surface area contributed by atoms with E-state index in [1.807, 2.05) is 4.90 Å². The smallest absolute Gasteiger partial charge is 0.227 e. The fraction of sp³-hybridized carbons (Fsp3) is 0.636. The van der Waals surface area contributed by atoms with Gasteiger partial charge in [-0.2, -0.15) is 0 Å². The largest absolute Gasteiger partial charge is 0.506 e. The molecule has 3 aliphatic heterocycles. The summed E-state index contributed by atoms with van der Waals surface area (Å²) in [5.41, 5.74) is 0.822. The van der Waals surface area contributed by atoms with Gasteiger partial charge < -0.3 is 14.9 Å². The van der Waals surface area contributed by atoms with E-state index < -0.39 is 0 Å². The van der Waals surface area contributed by atoms with Gasteiger partial charge >= 0.3 is 0 Å². The van der Waals surface area contributed by atoms with Gasteiger partial charge in [-0.05, 0) is 55.2 Å². The quantitative estimate of drug-likeness (QED) is 0.833. The Bertz CT molecular complexity index is 768. The maximum absolute atomic E-state index is 13.0. The number of carbonyl (C=O) groups is 2. The van der Waals surface area contributed by atoms with Crippen LogP contribution >= 0.6 is 11.6 Å². The van der Waals surface area contributed by atoms with Crippen LogP contribution in [0.3, 0.4) is 0 Å². The van der Waals surface area contributed by atoms with Crippen molar-refractivity contribution < 1.29 is 14.7 Å². The summed E-state index contributed by atoms with van der Waals surface area (Å²) >= 11 is 5.99. The highest BCUT2D eigenvalue weighted by atomic mass is 35.5. The second kappa shape index (κ2) is 7.94. The van der Waals surface area contributed by atoms with E-state index in [1.54, 1.807) is 18.2 Å². The van der Waals surface area contributed by atoms with E-state index in [4.69, 9.17) is 11.6 Å². The van der Waals surface area contributed by atoms with Crippen LogP contribution in [0.15, 0.2) is 18.2 Å². The van der Waals surface area contributed by atoms with Gasteiger partial charge in [0.2, 0.25) is 11.8 Å². The number of phenolic OH excluding ortho intramolecular Hbond substituents is 1. The highest BCUT2D eigenvalue weighted by molar-refractivity contribution is 6.32. The number of phenols is 1. The van der Waals surface area contributed by atoms with Crippen molar-refractivity contribution in [2.75, 3.05) is 13.1 Å². The Morgan fingerprint density at radius 2 is 2.07 bits per heavy atom. The Hall–Kier alpha value is -1.75. The lowest BCUT2D eigenvalue weighted by molar-refractivity contribution is -0.156. The number of aromatic hydroxyl groups is 1. The van der Waals surface area contributed by atoms with E-state index in [1.165, 1.54) is 0 Å². The first-order valence-corrected chi connectivity index (χ1v) is 10.9. The molecule has 1 aromatic carbocycles. The van der Waals surface area contributed by atoms with Crippen LogP contribution in [0, 0.1) is 11.8 Å². The van der Waals surface area contributed by atoms with Crippen LogP contribution in [0.5, 0.6) is 5.75 Å². The Balaban J connectivity index is 1.51. The lowest BCUT2D eigenvalue weighted by Crippen LogP contribution is -2.65. The van der Waals surface area contributed by atoms with Crippen molar-refractivity contribution in [2.24, 2.45) is 11.8 Å². The Morgan fingerprint density at radius 3 is 2.82 bits per heavy atom. The van der Waals surface area contributed by atoms with Crippen molar-refractivity contribution in [3.8, 4) is 5.75 Å². The van der Waals surface area contributed by atoms with Gasteiger partial charge in [-0.1, -0.05) is 31.0 Å².